The molecular weight excluding hydrogens is 250 g/mol. The number of nitrogens with two attached hydrogens (primary N) is 1. The highest BCUT2D eigenvalue weighted by molar-refractivity contribution is 5.62. The first-order chi connectivity index (χ1) is 8.87. The van der Waals surface area contributed by atoms with E-state index >= 15 is 0 Å². The second kappa shape index (κ2) is 5.23. The van der Waals surface area contributed by atoms with Crippen LogP contribution in [0, 0.1) is 5.41 Å². The van der Waals surface area contributed by atoms with Gasteiger partial charge in [0.05, 0.1) is 5.69 Å². The number of nitrogen functional groups attached to an aromatic ring is 1. The molecule has 0 spiro atoms. The Bertz CT molecular complexity index is 439. The minimum atomic E-state index is -2.85. The third kappa shape index (κ3) is 3.49. The summed E-state index contributed by atoms with van der Waals surface area (Å²) in [6.45, 7) is 3.49. The highest BCUT2D eigenvalue weighted by atomic mass is 19.3. The monoisotopic (exact) mass is 270 g/mol. The normalized spacial score (nSPS) is 18.7. The summed E-state index contributed by atoms with van der Waals surface area (Å²) in [5.74, 6) is 0.0531. The van der Waals surface area contributed by atoms with Crippen LogP contribution in [-0.4, -0.2) is 19.7 Å². The van der Waals surface area contributed by atoms with E-state index in [0.717, 1.165) is 31.6 Å². The Kier molecular flexibility index (Phi) is 3.83. The number of benzene rings is 1. The summed E-state index contributed by atoms with van der Waals surface area (Å²) in [5, 5.41) is 0. The number of anilines is 2. The summed E-state index contributed by atoms with van der Waals surface area (Å²) in [6, 6.07) is 5.07. The van der Waals surface area contributed by atoms with Gasteiger partial charge in [-0.2, -0.15) is 8.78 Å². The van der Waals surface area contributed by atoms with Gasteiger partial charge in [0.1, 0.15) is 0 Å². The Morgan fingerprint density at radius 1 is 1.26 bits per heavy atom. The fraction of sp³-hybridized carbons (Fsp3) is 0.571. The van der Waals surface area contributed by atoms with Crippen molar-refractivity contribution in [3.63, 3.8) is 0 Å². The fourth-order valence-electron chi connectivity index (χ4n) is 2.29. The van der Waals surface area contributed by atoms with E-state index in [1.54, 1.807) is 12.1 Å². The average molecular weight is 270 g/mol. The lowest BCUT2D eigenvalue weighted by Gasteiger charge is -2.38. The highest BCUT2D eigenvalue weighted by Crippen LogP contribution is 2.35. The zero-order valence-electron chi connectivity index (χ0n) is 11.3. The zero-order valence-corrected chi connectivity index (χ0v) is 11.3. The molecule has 19 heavy (non-hydrogen) atoms. The summed E-state index contributed by atoms with van der Waals surface area (Å²) in [7, 11) is 0. The summed E-state index contributed by atoms with van der Waals surface area (Å²) < 4.78 is 29.0. The molecule has 0 bridgehead atoms. The van der Waals surface area contributed by atoms with Crippen molar-refractivity contribution in [1.29, 1.82) is 0 Å². The molecule has 106 valence electrons. The van der Waals surface area contributed by atoms with Crippen LogP contribution in [0.3, 0.4) is 0 Å². The minimum Gasteiger partial charge on any atom is -0.433 e. The lowest BCUT2D eigenvalue weighted by molar-refractivity contribution is -0.0493. The van der Waals surface area contributed by atoms with Gasteiger partial charge in [-0.3, -0.25) is 0 Å². The number of nitrogens with zero attached hydrogens (tertiary/aromatic N) is 1. The van der Waals surface area contributed by atoms with Crippen LogP contribution < -0.4 is 15.4 Å². The van der Waals surface area contributed by atoms with Gasteiger partial charge in [0.25, 0.3) is 0 Å². The summed E-state index contributed by atoms with van der Waals surface area (Å²) >= 11 is 0. The molecule has 1 aromatic carbocycles. The van der Waals surface area contributed by atoms with E-state index in [2.05, 4.69) is 23.5 Å². The average Bonchev–Trinajstić information content (AvgIpc) is 2.32. The Morgan fingerprint density at radius 2 is 1.89 bits per heavy atom. The molecule has 0 unspecified atom stereocenters. The van der Waals surface area contributed by atoms with Gasteiger partial charge >= 0.3 is 6.61 Å². The van der Waals surface area contributed by atoms with Gasteiger partial charge in [0, 0.05) is 24.8 Å². The maximum Gasteiger partial charge on any atom is 0.387 e. The van der Waals surface area contributed by atoms with Crippen molar-refractivity contribution in [3.8, 4) is 5.75 Å². The summed E-state index contributed by atoms with van der Waals surface area (Å²) in [5.41, 5.74) is 7.11. The maximum atomic E-state index is 12.3. The summed E-state index contributed by atoms with van der Waals surface area (Å²) in [6.07, 6.45) is 2.17. The van der Waals surface area contributed by atoms with E-state index < -0.39 is 6.61 Å². The first-order valence-electron chi connectivity index (χ1n) is 6.47. The van der Waals surface area contributed by atoms with Gasteiger partial charge < -0.3 is 15.4 Å². The molecule has 0 atom stereocenters. The number of ether oxygens (including phenoxy) is 1. The molecule has 1 heterocycles. The van der Waals surface area contributed by atoms with Crippen LogP contribution in [0.5, 0.6) is 5.75 Å². The third-order valence-electron chi connectivity index (χ3n) is 3.70. The van der Waals surface area contributed by atoms with E-state index in [0.29, 0.717) is 5.41 Å². The van der Waals surface area contributed by atoms with Gasteiger partial charge in [0.15, 0.2) is 5.75 Å². The lowest BCUT2D eigenvalue weighted by atomic mass is 9.82. The molecule has 5 heteroatoms. The number of alkyl halides is 2. The molecule has 0 aliphatic carbocycles. The third-order valence-corrected chi connectivity index (χ3v) is 3.70. The van der Waals surface area contributed by atoms with E-state index in [-0.39, 0.29) is 11.4 Å². The number of halogens is 2. The fourth-order valence-corrected chi connectivity index (χ4v) is 2.29. The molecule has 1 saturated heterocycles. The standard InChI is InChI=1S/C14H20F2N2O/c1-14(2)5-7-18(8-6-14)10-3-4-11(17)12(9-10)19-13(15)16/h3-4,9,13H,5-8,17H2,1-2H3. The van der Waals surface area contributed by atoms with Crippen molar-refractivity contribution in [2.75, 3.05) is 23.7 Å². The van der Waals surface area contributed by atoms with Crippen molar-refractivity contribution in [1.82, 2.24) is 0 Å². The van der Waals surface area contributed by atoms with Crippen molar-refractivity contribution >= 4 is 11.4 Å². The van der Waals surface area contributed by atoms with Crippen LogP contribution in [0.2, 0.25) is 0 Å². The molecule has 0 radical (unpaired) electrons. The Labute approximate surface area is 112 Å². The number of piperidine rings is 1. The number of hydrogen-bond acceptors (Lipinski definition) is 3. The second-order valence-electron chi connectivity index (χ2n) is 5.75. The molecule has 0 amide bonds. The molecule has 1 fully saturated rings. The van der Waals surface area contributed by atoms with Gasteiger partial charge in [-0.1, -0.05) is 13.8 Å². The van der Waals surface area contributed by atoms with Crippen molar-refractivity contribution < 1.29 is 13.5 Å². The molecule has 1 aliphatic heterocycles. The largest absolute Gasteiger partial charge is 0.433 e. The molecule has 2 N–H and O–H groups in total. The predicted octanol–water partition coefficient (Wildman–Crippen LogP) is 3.50. The Hall–Kier alpha value is -1.52. The first-order valence-corrected chi connectivity index (χ1v) is 6.47. The molecule has 3 nitrogen and oxygen atoms in total. The molecule has 1 aromatic rings. The van der Waals surface area contributed by atoms with Crippen molar-refractivity contribution in [3.05, 3.63) is 18.2 Å². The van der Waals surface area contributed by atoms with Crippen LogP contribution in [0.25, 0.3) is 0 Å². The van der Waals surface area contributed by atoms with Crippen LogP contribution in [0.1, 0.15) is 26.7 Å². The SMILES string of the molecule is CC1(C)CCN(c2ccc(N)c(OC(F)F)c2)CC1. The van der Waals surface area contributed by atoms with Crippen LogP contribution in [0.15, 0.2) is 18.2 Å². The highest BCUT2D eigenvalue weighted by Gasteiger charge is 2.25. The summed E-state index contributed by atoms with van der Waals surface area (Å²) in [4.78, 5) is 2.18. The zero-order chi connectivity index (χ0) is 14.0. The second-order valence-corrected chi connectivity index (χ2v) is 5.75. The van der Waals surface area contributed by atoms with E-state index in [9.17, 15) is 8.78 Å². The van der Waals surface area contributed by atoms with Crippen LogP contribution >= 0.6 is 0 Å². The maximum absolute atomic E-state index is 12.3. The quantitative estimate of drug-likeness (QED) is 0.854. The number of rotatable bonds is 3. The van der Waals surface area contributed by atoms with Crippen LogP contribution in [0.4, 0.5) is 20.2 Å². The van der Waals surface area contributed by atoms with Gasteiger partial charge in [-0.25, -0.2) is 0 Å². The number of hydrogen-bond donors (Lipinski definition) is 1. The van der Waals surface area contributed by atoms with E-state index in [1.807, 2.05) is 6.07 Å². The molecule has 0 saturated carbocycles. The van der Waals surface area contributed by atoms with Crippen molar-refractivity contribution in [2.45, 2.75) is 33.3 Å². The lowest BCUT2D eigenvalue weighted by Crippen LogP contribution is -2.37. The van der Waals surface area contributed by atoms with E-state index in [1.165, 1.54) is 0 Å². The first kappa shape index (κ1) is 13.9. The van der Waals surface area contributed by atoms with Crippen molar-refractivity contribution in [2.24, 2.45) is 5.41 Å². The molecular formula is C14H20F2N2O. The predicted molar refractivity (Wildman–Crippen MR) is 72.7 cm³/mol. The van der Waals surface area contributed by atoms with E-state index in [4.69, 9.17) is 5.73 Å². The molecule has 2 rings (SSSR count). The van der Waals surface area contributed by atoms with Crippen LogP contribution in [-0.2, 0) is 0 Å². The molecule has 0 aromatic heterocycles. The topological polar surface area (TPSA) is 38.5 Å². The Morgan fingerprint density at radius 3 is 2.47 bits per heavy atom. The van der Waals surface area contributed by atoms with Gasteiger partial charge in [-0.05, 0) is 30.4 Å². The van der Waals surface area contributed by atoms with Gasteiger partial charge in [0.2, 0.25) is 0 Å². The smallest absolute Gasteiger partial charge is 0.387 e. The molecule has 1 aliphatic rings. The Balaban J connectivity index is 2.13. The van der Waals surface area contributed by atoms with Gasteiger partial charge in [-0.15, -0.1) is 0 Å². The minimum absolute atomic E-state index is 0.0531.